The van der Waals surface area contributed by atoms with E-state index in [0.717, 1.165) is 38.5 Å². The van der Waals surface area contributed by atoms with Crippen molar-refractivity contribution in [1.82, 2.24) is 0 Å². The van der Waals surface area contributed by atoms with Crippen molar-refractivity contribution < 1.29 is 19.1 Å². The maximum absolute atomic E-state index is 11.9. The first-order chi connectivity index (χ1) is 10.9. The van der Waals surface area contributed by atoms with Gasteiger partial charge in [0.25, 0.3) is 0 Å². The number of hydrogen-bond acceptors (Lipinski definition) is 4. The van der Waals surface area contributed by atoms with Crippen molar-refractivity contribution in [3.8, 4) is 0 Å². The third kappa shape index (κ3) is 11.2. The van der Waals surface area contributed by atoms with E-state index >= 15 is 0 Å². The van der Waals surface area contributed by atoms with Crippen LogP contribution in [0.4, 0.5) is 0 Å². The Balaban J connectivity index is 4.05. The van der Waals surface area contributed by atoms with E-state index in [9.17, 15) is 9.59 Å². The van der Waals surface area contributed by atoms with E-state index in [1.165, 1.54) is 0 Å². The number of ether oxygens (including phenoxy) is 2. The van der Waals surface area contributed by atoms with Gasteiger partial charge in [0.2, 0.25) is 0 Å². The third-order valence-corrected chi connectivity index (χ3v) is 4.01. The van der Waals surface area contributed by atoms with Crippen LogP contribution in [0.5, 0.6) is 0 Å². The van der Waals surface area contributed by atoms with Gasteiger partial charge in [-0.25, -0.2) is 0 Å². The van der Waals surface area contributed by atoms with Crippen molar-refractivity contribution >= 4 is 11.9 Å². The molecule has 0 amide bonds. The molecule has 4 nitrogen and oxygen atoms in total. The molecule has 0 spiro atoms. The van der Waals surface area contributed by atoms with Crippen LogP contribution in [0.2, 0.25) is 0 Å². The smallest absolute Gasteiger partial charge is 0.306 e. The molecular weight excluding hydrogens is 292 g/mol. The van der Waals surface area contributed by atoms with Gasteiger partial charge in [0.05, 0.1) is 19.4 Å². The molecule has 0 N–H and O–H groups in total. The van der Waals surface area contributed by atoms with E-state index < -0.39 is 0 Å². The second kappa shape index (κ2) is 13.4. The van der Waals surface area contributed by atoms with Gasteiger partial charge >= 0.3 is 11.9 Å². The Kier molecular flexibility index (Phi) is 12.8. The third-order valence-electron chi connectivity index (χ3n) is 4.01. The Morgan fingerprint density at radius 2 is 1.35 bits per heavy atom. The summed E-state index contributed by atoms with van der Waals surface area (Å²) < 4.78 is 10.8. The lowest BCUT2D eigenvalue weighted by molar-refractivity contribution is -0.156. The molecule has 0 aliphatic carbocycles. The van der Waals surface area contributed by atoms with Gasteiger partial charge in [0.15, 0.2) is 0 Å². The minimum atomic E-state index is -0.298. The summed E-state index contributed by atoms with van der Waals surface area (Å²) in [6.45, 7) is 10.9. The van der Waals surface area contributed by atoms with Crippen molar-refractivity contribution in [1.29, 1.82) is 0 Å². The Morgan fingerprint density at radius 3 is 1.83 bits per heavy atom. The summed E-state index contributed by atoms with van der Waals surface area (Å²) in [5, 5.41) is 0. The highest BCUT2D eigenvalue weighted by Gasteiger charge is 2.18. The van der Waals surface area contributed by atoms with Crippen molar-refractivity contribution in [3.05, 3.63) is 0 Å². The summed E-state index contributed by atoms with van der Waals surface area (Å²) in [6, 6.07) is 0. The highest BCUT2D eigenvalue weighted by atomic mass is 16.5. The van der Waals surface area contributed by atoms with Gasteiger partial charge in [-0.1, -0.05) is 53.9 Å². The summed E-state index contributed by atoms with van der Waals surface area (Å²) in [5.74, 6) is 0.147. The van der Waals surface area contributed by atoms with Crippen molar-refractivity contribution in [2.75, 3.05) is 6.61 Å². The minimum Gasteiger partial charge on any atom is -0.465 e. The lowest BCUT2D eigenvalue weighted by Crippen LogP contribution is -2.24. The quantitative estimate of drug-likeness (QED) is 0.451. The largest absolute Gasteiger partial charge is 0.465 e. The van der Waals surface area contributed by atoms with Gasteiger partial charge in [-0.3, -0.25) is 9.59 Å². The first-order valence-electron chi connectivity index (χ1n) is 9.29. The van der Waals surface area contributed by atoms with Gasteiger partial charge in [0, 0.05) is 0 Å². The van der Waals surface area contributed by atoms with E-state index in [4.69, 9.17) is 9.47 Å². The molecule has 0 radical (unpaired) electrons. The van der Waals surface area contributed by atoms with Crippen LogP contribution in [0.1, 0.15) is 86.0 Å². The predicted molar refractivity (Wildman–Crippen MR) is 93.1 cm³/mol. The van der Waals surface area contributed by atoms with Crippen LogP contribution >= 0.6 is 0 Å². The predicted octanol–water partition coefficient (Wildman–Crippen LogP) is 4.89. The topological polar surface area (TPSA) is 52.6 Å². The molecule has 23 heavy (non-hydrogen) atoms. The number of esters is 2. The van der Waals surface area contributed by atoms with Gasteiger partial charge in [-0.05, 0) is 31.1 Å². The monoisotopic (exact) mass is 328 g/mol. The fraction of sp³-hybridized carbons (Fsp3) is 0.895. The minimum absolute atomic E-state index is 0.0537. The molecule has 0 aromatic heterocycles. The van der Waals surface area contributed by atoms with E-state index in [1.54, 1.807) is 0 Å². The van der Waals surface area contributed by atoms with E-state index in [1.807, 2.05) is 13.8 Å². The van der Waals surface area contributed by atoms with Crippen LogP contribution in [-0.2, 0) is 19.1 Å². The molecule has 0 heterocycles. The van der Waals surface area contributed by atoms with Crippen LogP contribution in [0, 0.1) is 11.8 Å². The zero-order chi connectivity index (χ0) is 17.7. The van der Waals surface area contributed by atoms with Gasteiger partial charge in [-0.2, -0.15) is 0 Å². The van der Waals surface area contributed by atoms with Gasteiger partial charge in [-0.15, -0.1) is 0 Å². The molecule has 1 atom stereocenters. The molecule has 0 saturated carbocycles. The SMILES string of the molecule is CCCC(CCC)COC(=O)CCC(=O)OC(CCC)C(C)C. The highest BCUT2D eigenvalue weighted by molar-refractivity contribution is 5.77. The van der Waals surface area contributed by atoms with Gasteiger partial charge < -0.3 is 9.47 Å². The molecule has 0 aromatic rings. The van der Waals surface area contributed by atoms with Crippen molar-refractivity contribution in [3.63, 3.8) is 0 Å². The van der Waals surface area contributed by atoms with Gasteiger partial charge in [0.1, 0.15) is 6.10 Å². The molecule has 0 aliphatic heterocycles. The summed E-state index contributed by atoms with van der Waals surface area (Å²) >= 11 is 0. The first-order valence-corrected chi connectivity index (χ1v) is 9.29. The Labute approximate surface area is 142 Å². The Bertz CT molecular complexity index is 319. The summed E-state index contributed by atoms with van der Waals surface area (Å²) in [7, 11) is 0. The molecule has 0 fully saturated rings. The zero-order valence-corrected chi connectivity index (χ0v) is 15.7. The normalized spacial score (nSPS) is 12.5. The van der Waals surface area contributed by atoms with E-state index in [0.29, 0.717) is 18.4 Å². The van der Waals surface area contributed by atoms with E-state index in [-0.39, 0.29) is 30.9 Å². The van der Waals surface area contributed by atoms with Crippen molar-refractivity contribution in [2.45, 2.75) is 92.1 Å². The van der Waals surface area contributed by atoms with Crippen LogP contribution in [-0.4, -0.2) is 24.6 Å². The average molecular weight is 328 g/mol. The molecule has 1 unspecified atom stereocenters. The average Bonchev–Trinajstić information content (AvgIpc) is 2.50. The molecule has 4 heteroatoms. The number of hydrogen-bond donors (Lipinski definition) is 0. The second-order valence-electron chi connectivity index (χ2n) is 6.69. The Hall–Kier alpha value is -1.06. The Morgan fingerprint density at radius 1 is 0.826 bits per heavy atom. The molecular formula is C19H36O4. The summed E-state index contributed by atoms with van der Waals surface area (Å²) in [4.78, 5) is 23.6. The number of rotatable bonds is 13. The highest BCUT2D eigenvalue weighted by Crippen LogP contribution is 2.16. The van der Waals surface area contributed by atoms with Crippen LogP contribution < -0.4 is 0 Å². The first kappa shape index (κ1) is 21.9. The van der Waals surface area contributed by atoms with Crippen molar-refractivity contribution in [2.24, 2.45) is 11.8 Å². The van der Waals surface area contributed by atoms with Crippen LogP contribution in [0.3, 0.4) is 0 Å². The molecule has 0 aliphatic rings. The molecule has 0 aromatic carbocycles. The summed E-state index contributed by atoms with van der Waals surface area (Å²) in [6.07, 6.45) is 6.37. The standard InChI is InChI=1S/C19H36O4/c1-6-9-16(10-7-2)14-22-18(20)12-13-19(21)23-17(11-8-3)15(4)5/h15-17H,6-14H2,1-5H3. The molecule has 0 bridgehead atoms. The number of carbonyl (C=O) groups excluding carboxylic acids is 2. The molecule has 0 rings (SSSR count). The molecule has 0 saturated heterocycles. The number of carbonyl (C=O) groups is 2. The van der Waals surface area contributed by atoms with Crippen LogP contribution in [0.15, 0.2) is 0 Å². The zero-order valence-electron chi connectivity index (χ0n) is 15.7. The molecule has 136 valence electrons. The second-order valence-corrected chi connectivity index (χ2v) is 6.69. The fourth-order valence-corrected chi connectivity index (χ4v) is 2.66. The summed E-state index contributed by atoms with van der Waals surface area (Å²) in [5.41, 5.74) is 0. The lowest BCUT2D eigenvalue weighted by atomic mass is 9.99. The maximum Gasteiger partial charge on any atom is 0.306 e. The maximum atomic E-state index is 11.9. The van der Waals surface area contributed by atoms with E-state index in [2.05, 4.69) is 20.8 Å². The van der Waals surface area contributed by atoms with Crippen LogP contribution in [0.25, 0.3) is 0 Å². The lowest BCUT2D eigenvalue weighted by Gasteiger charge is -2.20. The fourth-order valence-electron chi connectivity index (χ4n) is 2.66.